The summed E-state index contributed by atoms with van der Waals surface area (Å²) in [5.41, 5.74) is 2.58. The van der Waals surface area contributed by atoms with Crippen LogP contribution in [0.1, 0.15) is 0 Å². The molecular formula is C22H24N6O4S. The number of hydrogen-bond donors (Lipinski definition) is 1. The number of aromatic nitrogens is 4. The first-order valence-electron chi connectivity index (χ1n) is 10.2. The number of fused-ring (bicyclic) bond motifs is 1. The van der Waals surface area contributed by atoms with Crippen LogP contribution < -0.4 is 15.8 Å². The van der Waals surface area contributed by atoms with Gasteiger partial charge in [-0.25, -0.2) is 4.79 Å². The molecule has 10 nitrogen and oxygen atoms in total. The molecule has 2 heterocycles. The van der Waals surface area contributed by atoms with Gasteiger partial charge in [-0.05, 0) is 56.6 Å². The Morgan fingerprint density at radius 3 is 2.73 bits per heavy atom. The Hall–Kier alpha value is -3.57. The first kappa shape index (κ1) is 22.6. The molecule has 1 N–H and O–H groups in total. The van der Waals surface area contributed by atoms with Crippen molar-refractivity contribution in [3.05, 3.63) is 59.3 Å². The van der Waals surface area contributed by atoms with E-state index in [9.17, 15) is 9.59 Å². The fourth-order valence-electron chi connectivity index (χ4n) is 3.22. The van der Waals surface area contributed by atoms with E-state index in [1.807, 2.05) is 43.3 Å². The second kappa shape index (κ2) is 9.92. The fourth-order valence-corrected chi connectivity index (χ4v) is 3.95. The fraction of sp³-hybridized carbons (Fsp3) is 0.273. The zero-order valence-corrected chi connectivity index (χ0v) is 19.3. The number of anilines is 1. The molecule has 0 unspecified atom stereocenters. The predicted octanol–water partition coefficient (Wildman–Crippen LogP) is 2.48. The maximum atomic E-state index is 12.6. The van der Waals surface area contributed by atoms with E-state index >= 15 is 0 Å². The van der Waals surface area contributed by atoms with Crippen LogP contribution in [0.25, 0.3) is 16.8 Å². The van der Waals surface area contributed by atoms with Gasteiger partial charge in [0.1, 0.15) is 12.1 Å². The Kier molecular flexibility index (Phi) is 6.80. The summed E-state index contributed by atoms with van der Waals surface area (Å²) in [7, 11) is 5.49. The number of hydrogen-bond acceptors (Lipinski definition) is 8. The van der Waals surface area contributed by atoms with Crippen molar-refractivity contribution < 1.29 is 13.9 Å². The quantitative estimate of drug-likeness (QED) is 0.373. The molecule has 33 heavy (non-hydrogen) atoms. The second-order valence-electron chi connectivity index (χ2n) is 7.52. The second-order valence-corrected chi connectivity index (χ2v) is 8.47. The molecule has 0 saturated carbocycles. The first-order valence-corrected chi connectivity index (χ1v) is 11.2. The molecule has 0 spiro atoms. The van der Waals surface area contributed by atoms with Crippen LogP contribution in [0.5, 0.6) is 5.75 Å². The van der Waals surface area contributed by atoms with E-state index in [-0.39, 0.29) is 11.7 Å². The molecule has 11 heteroatoms. The maximum absolute atomic E-state index is 12.6. The standard InChI is InChI=1S/C22H24N6O4S/c1-26(2)10-11-27-18-12-15(4-9-19(18)32-22(27)30)24-20(29)13-33-21-25-23-14-28(21)16-5-7-17(31-3)8-6-16/h4-9,12,14H,10-11,13H2,1-3H3,(H,24,29). The average Bonchev–Trinajstić information content (AvgIpc) is 3.39. The number of carbonyl (C=O) groups excluding carboxylic acids is 1. The lowest BCUT2D eigenvalue weighted by molar-refractivity contribution is -0.113. The van der Waals surface area contributed by atoms with Gasteiger partial charge in [-0.2, -0.15) is 0 Å². The van der Waals surface area contributed by atoms with Crippen LogP contribution >= 0.6 is 11.8 Å². The van der Waals surface area contributed by atoms with E-state index in [4.69, 9.17) is 9.15 Å². The van der Waals surface area contributed by atoms with Gasteiger partial charge in [-0.15, -0.1) is 10.2 Å². The lowest BCUT2D eigenvalue weighted by atomic mass is 10.2. The summed E-state index contributed by atoms with van der Waals surface area (Å²) in [5.74, 6) is 0.284. The van der Waals surface area contributed by atoms with Crippen molar-refractivity contribution in [1.29, 1.82) is 0 Å². The van der Waals surface area contributed by atoms with Crippen LogP contribution in [0.15, 0.2) is 63.2 Å². The van der Waals surface area contributed by atoms with Gasteiger partial charge >= 0.3 is 5.76 Å². The highest BCUT2D eigenvalue weighted by Crippen LogP contribution is 2.23. The summed E-state index contributed by atoms with van der Waals surface area (Å²) in [6, 6.07) is 12.6. The average molecular weight is 469 g/mol. The van der Waals surface area contributed by atoms with Gasteiger partial charge in [0.15, 0.2) is 10.7 Å². The van der Waals surface area contributed by atoms with Gasteiger partial charge in [-0.1, -0.05) is 11.8 Å². The van der Waals surface area contributed by atoms with E-state index in [0.717, 1.165) is 11.4 Å². The number of rotatable bonds is 9. The number of likely N-dealkylation sites (N-methyl/N-ethyl adjacent to an activating group) is 1. The van der Waals surface area contributed by atoms with E-state index in [0.29, 0.717) is 35.0 Å². The van der Waals surface area contributed by atoms with Gasteiger partial charge in [0.05, 0.1) is 18.4 Å². The number of thioether (sulfide) groups is 1. The molecule has 0 aliphatic rings. The van der Waals surface area contributed by atoms with Crippen LogP contribution in [0, 0.1) is 0 Å². The van der Waals surface area contributed by atoms with E-state index in [1.54, 1.807) is 40.8 Å². The zero-order chi connectivity index (χ0) is 23.4. The van der Waals surface area contributed by atoms with Crippen LogP contribution in [0.3, 0.4) is 0 Å². The van der Waals surface area contributed by atoms with Gasteiger partial charge < -0.3 is 19.4 Å². The van der Waals surface area contributed by atoms with Crippen molar-refractivity contribution in [3.63, 3.8) is 0 Å². The molecule has 2 aromatic carbocycles. The Morgan fingerprint density at radius 1 is 1.21 bits per heavy atom. The lowest BCUT2D eigenvalue weighted by Crippen LogP contribution is -2.23. The molecule has 0 aliphatic carbocycles. The highest BCUT2D eigenvalue weighted by molar-refractivity contribution is 7.99. The van der Waals surface area contributed by atoms with Crippen molar-refractivity contribution in [3.8, 4) is 11.4 Å². The Balaban J connectivity index is 1.43. The number of carbonyl (C=O) groups is 1. The number of ether oxygens (including phenoxy) is 1. The minimum absolute atomic E-state index is 0.145. The monoisotopic (exact) mass is 468 g/mol. The highest BCUT2D eigenvalue weighted by atomic mass is 32.2. The zero-order valence-electron chi connectivity index (χ0n) is 18.5. The molecule has 2 aromatic heterocycles. The van der Waals surface area contributed by atoms with Crippen molar-refractivity contribution in [2.45, 2.75) is 11.7 Å². The molecule has 0 radical (unpaired) electrons. The maximum Gasteiger partial charge on any atom is 0.419 e. The molecule has 0 atom stereocenters. The van der Waals surface area contributed by atoms with Gasteiger partial charge in [0, 0.05) is 24.5 Å². The Bertz CT molecular complexity index is 1310. The topological polar surface area (TPSA) is 107 Å². The molecule has 172 valence electrons. The third-order valence-corrected chi connectivity index (χ3v) is 5.86. The number of methoxy groups -OCH3 is 1. The van der Waals surface area contributed by atoms with Gasteiger partial charge in [-0.3, -0.25) is 13.9 Å². The number of nitrogens with zero attached hydrogens (tertiary/aromatic N) is 5. The largest absolute Gasteiger partial charge is 0.497 e. The third kappa shape index (κ3) is 5.26. The van der Waals surface area contributed by atoms with Crippen molar-refractivity contribution in [1.82, 2.24) is 24.2 Å². The minimum atomic E-state index is -0.413. The SMILES string of the molecule is COc1ccc(-n2cnnc2SCC(=O)Nc2ccc3oc(=O)n(CCN(C)C)c3c2)cc1. The summed E-state index contributed by atoms with van der Waals surface area (Å²) >= 11 is 1.27. The summed E-state index contributed by atoms with van der Waals surface area (Å²) in [6.07, 6.45) is 1.60. The molecule has 0 fully saturated rings. The molecule has 4 rings (SSSR count). The minimum Gasteiger partial charge on any atom is -0.497 e. The van der Waals surface area contributed by atoms with Crippen molar-refractivity contribution in [2.24, 2.45) is 0 Å². The summed E-state index contributed by atoms with van der Waals surface area (Å²) < 4.78 is 13.9. The number of amides is 1. The molecule has 0 aliphatic heterocycles. The van der Waals surface area contributed by atoms with Crippen LogP contribution in [0.2, 0.25) is 0 Å². The number of benzene rings is 2. The van der Waals surface area contributed by atoms with Crippen LogP contribution in [-0.2, 0) is 11.3 Å². The number of nitrogens with one attached hydrogen (secondary N) is 1. The molecule has 4 aromatic rings. The van der Waals surface area contributed by atoms with Crippen LogP contribution in [0.4, 0.5) is 5.69 Å². The molecule has 1 amide bonds. The predicted molar refractivity (Wildman–Crippen MR) is 126 cm³/mol. The third-order valence-electron chi connectivity index (χ3n) is 4.92. The molecule has 0 bridgehead atoms. The lowest BCUT2D eigenvalue weighted by Gasteiger charge is -2.10. The van der Waals surface area contributed by atoms with Gasteiger partial charge in [0.25, 0.3) is 0 Å². The normalized spacial score (nSPS) is 11.3. The van der Waals surface area contributed by atoms with Crippen molar-refractivity contribution >= 4 is 34.5 Å². The summed E-state index contributed by atoms with van der Waals surface area (Å²) in [5, 5.41) is 11.5. The van der Waals surface area contributed by atoms with E-state index < -0.39 is 5.76 Å². The van der Waals surface area contributed by atoms with Gasteiger partial charge in [0.2, 0.25) is 5.91 Å². The van der Waals surface area contributed by atoms with Crippen molar-refractivity contribution in [2.75, 3.05) is 38.8 Å². The summed E-state index contributed by atoms with van der Waals surface area (Å²) in [6.45, 7) is 1.18. The molecular weight excluding hydrogens is 444 g/mol. The summed E-state index contributed by atoms with van der Waals surface area (Å²) in [4.78, 5) is 26.7. The van der Waals surface area contributed by atoms with E-state index in [1.165, 1.54) is 11.8 Å². The Morgan fingerprint density at radius 2 is 2.00 bits per heavy atom. The molecule has 0 saturated heterocycles. The number of oxazole rings is 1. The Labute approximate surface area is 194 Å². The first-order chi connectivity index (χ1) is 15.9. The van der Waals surface area contributed by atoms with E-state index in [2.05, 4.69) is 15.5 Å². The smallest absolute Gasteiger partial charge is 0.419 e. The highest BCUT2D eigenvalue weighted by Gasteiger charge is 2.13. The van der Waals surface area contributed by atoms with Crippen LogP contribution in [-0.4, -0.2) is 63.6 Å².